The average molecular weight is 427 g/mol. The fourth-order valence-electron chi connectivity index (χ4n) is 3.88. The fraction of sp³-hybridized carbons (Fsp3) is 0.923. The molecule has 0 aliphatic heterocycles. The maximum Gasteiger partial charge on any atom is 0.310 e. The highest BCUT2D eigenvalue weighted by molar-refractivity contribution is 5.80. The summed E-state index contributed by atoms with van der Waals surface area (Å²) in [6, 6.07) is 0. The maximum absolute atomic E-state index is 13.1. The van der Waals surface area contributed by atoms with Gasteiger partial charge in [0.2, 0.25) is 0 Å². The summed E-state index contributed by atoms with van der Waals surface area (Å²) in [5.74, 6) is 0.749. The summed E-state index contributed by atoms with van der Waals surface area (Å²) in [4.78, 5) is 25.9. The van der Waals surface area contributed by atoms with Crippen molar-refractivity contribution in [3.05, 3.63) is 0 Å². The SMILES string of the molecule is CC(C)CC(CC(C)C)OC(=O)CC(C(=O)OC(CC(C)C)CC(C)C)C(C)(C)C. The highest BCUT2D eigenvalue weighted by Gasteiger charge is 2.37. The van der Waals surface area contributed by atoms with Gasteiger partial charge >= 0.3 is 11.9 Å². The van der Waals surface area contributed by atoms with Crippen LogP contribution in [0.4, 0.5) is 0 Å². The number of rotatable bonds is 13. The largest absolute Gasteiger partial charge is 0.462 e. The van der Waals surface area contributed by atoms with E-state index in [0.29, 0.717) is 23.7 Å². The first-order valence-electron chi connectivity index (χ1n) is 12.0. The number of carbonyl (C=O) groups excluding carboxylic acids is 2. The summed E-state index contributed by atoms with van der Waals surface area (Å²) in [5, 5.41) is 0. The van der Waals surface area contributed by atoms with Gasteiger partial charge in [0.05, 0.1) is 12.3 Å². The Morgan fingerprint density at radius 2 is 0.967 bits per heavy atom. The van der Waals surface area contributed by atoms with Crippen molar-refractivity contribution in [2.75, 3.05) is 0 Å². The van der Waals surface area contributed by atoms with E-state index in [1.54, 1.807) is 0 Å². The third kappa shape index (κ3) is 13.3. The smallest absolute Gasteiger partial charge is 0.310 e. The molecule has 1 atom stereocenters. The van der Waals surface area contributed by atoms with E-state index in [9.17, 15) is 9.59 Å². The highest BCUT2D eigenvalue weighted by Crippen LogP contribution is 2.32. The Bertz CT molecular complexity index is 480. The van der Waals surface area contributed by atoms with Crippen molar-refractivity contribution < 1.29 is 19.1 Å². The Labute approximate surface area is 186 Å². The van der Waals surface area contributed by atoms with Gasteiger partial charge < -0.3 is 9.47 Å². The minimum absolute atomic E-state index is 0.0745. The molecule has 0 aromatic rings. The zero-order valence-electron chi connectivity index (χ0n) is 21.7. The molecule has 0 fully saturated rings. The Morgan fingerprint density at radius 3 is 1.27 bits per heavy atom. The number of hydrogen-bond donors (Lipinski definition) is 0. The monoisotopic (exact) mass is 426 g/mol. The van der Waals surface area contributed by atoms with Gasteiger partial charge in [-0.25, -0.2) is 0 Å². The predicted molar refractivity (Wildman–Crippen MR) is 125 cm³/mol. The molecular formula is C26H50O4. The van der Waals surface area contributed by atoms with Crippen LogP contribution in [-0.2, 0) is 19.1 Å². The first kappa shape index (κ1) is 28.9. The van der Waals surface area contributed by atoms with Crippen LogP contribution < -0.4 is 0 Å². The van der Waals surface area contributed by atoms with Gasteiger partial charge in [0, 0.05) is 0 Å². The molecule has 0 saturated heterocycles. The number of esters is 2. The van der Waals surface area contributed by atoms with Gasteiger partial charge in [0.1, 0.15) is 12.2 Å². The Balaban J connectivity index is 5.25. The van der Waals surface area contributed by atoms with Crippen LogP contribution in [0.15, 0.2) is 0 Å². The van der Waals surface area contributed by atoms with Crippen LogP contribution in [0.3, 0.4) is 0 Å². The summed E-state index contributed by atoms with van der Waals surface area (Å²) < 4.78 is 11.8. The quantitative estimate of drug-likeness (QED) is 0.296. The van der Waals surface area contributed by atoms with Crippen LogP contribution in [0.25, 0.3) is 0 Å². The number of carbonyl (C=O) groups is 2. The second kappa shape index (κ2) is 13.4. The van der Waals surface area contributed by atoms with E-state index in [4.69, 9.17) is 9.47 Å². The maximum atomic E-state index is 13.1. The third-order valence-electron chi connectivity index (χ3n) is 5.22. The molecule has 0 heterocycles. The molecule has 4 heteroatoms. The predicted octanol–water partition coefficient (Wildman–Crippen LogP) is 7.05. The molecule has 0 aliphatic rings. The molecule has 0 saturated carbocycles. The van der Waals surface area contributed by atoms with Crippen molar-refractivity contribution in [1.29, 1.82) is 0 Å². The van der Waals surface area contributed by atoms with Gasteiger partial charge in [0.25, 0.3) is 0 Å². The topological polar surface area (TPSA) is 52.6 Å². The standard InChI is InChI=1S/C26H50O4/c1-17(2)12-21(13-18(3)4)29-24(27)16-23(26(9,10)11)25(28)30-22(14-19(5)6)15-20(7)8/h17-23H,12-16H2,1-11H3. The van der Waals surface area contributed by atoms with Crippen molar-refractivity contribution in [3.63, 3.8) is 0 Å². The van der Waals surface area contributed by atoms with Crippen LogP contribution in [0.5, 0.6) is 0 Å². The van der Waals surface area contributed by atoms with E-state index in [-0.39, 0.29) is 36.0 Å². The molecule has 0 aliphatic carbocycles. The molecule has 0 aromatic carbocycles. The molecule has 1 unspecified atom stereocenters. The van der Waals surface area contributed by atoms with Crippen molar-refractivity contribution in [1.82, 2.24) is 0 Å². The fourth-order valence-corrected chi connectivity index (χ4v) is 3.88. The lowest BCUT2D eigenvalue weighted by molar-refractivity contribution is -0.166. The van der Waals surface area contributed by atoms with E-state index in [0.717, 1.165) is 25.7 Å². The lowest BCUT2D eigenvalue weighted by Crippen LogP contribution is -2.36. The normalized spacial score (nSPS) is 13.8. The molecule has 0 aromatic heterocycles. The van der Waals surface area contributed by atoms with Crippen LogP contribution in [-0.4, -0.2) is 24.1 Å². The van der Waals surface area contributed by atoms with Crippen LogP contribution >= 0.6 is 0 Å². The second-order valence-electron chi connectivity index (χ2n) is 11.8. The highest BCUT2D eigenvalue weighted by atomic mass is 16.6. The van der Waals surface area contributed by atoms with Gasteiger partial charge in [-0.2, -0.15) is 0 Å². The van der Waals surface area contributed by atoms with E-state index in [1.165, 1.54) is 0 Å². The van der Waals surface area contributed by atoms with Crippen LogP contribution in [0.1, 0.15) is 108 Å². The lowest BCUT2D eigenvalue weighted by Gasteiger charge is -2.31. The summed E-state index contributed by atoms with van der Waals surface area (Å²) in [5.41, 5.74) is -0.373. The Hall–Kier alpha value is -1.06. The van der Waals surface area contributed by atoms with Gasteiger partial charge in [0.15, 0.2) is 0 Å². The number of hydrogen-bond acceptors (Lipinski definition) is 4. The molecule has 178 valence electrons. The van der Waals surface area contributed by atoms with Gasteiger partial charge in [-0.3, -0.25) is 9.59 Å². The molecule has 0 N–H and O–H groups in total. The van der Waals surface area contributed by atoms with E-state index < -0.39 is 5.92 Å². The van der Waals surface area contributed by atoms with E-state index >= 15 is 0 Å². The van der Waals surface area contributed by atoms with Crippen LogP contribution in [0, 0.1) is 35.0 Å². The van der Waals surface area contributed by atoms with Gasteiger partial charge in [-0.1, -0.05) is 76.2 Å². The van der Waals surface area contributed by atoms with Gasteiger partial charge in [-0.15, -0.1) is 0 Å². The zero-order valence-corrected chi connectivity index (χ0v) is 21.7. The molecule has 0 bridgehead atoms. The molecule has 30 heavy (non-hydrogen) atoms. The minimum Gasteiger partial charge on any atom is -0.462 e. The summed E-state index contributed by atoms with van der Waals surface area (Å²) in [7, 11) is 0. The first-order chi connectivity index (χ1) is 13.6. The summed E-state index contributed by atoms with van der Waals surface area (Å²) >= 11 is 0. The molecule has 0 radical (unpaired) electrons. The van der Waals surface area contributed by atoms with Crippen molar-refractivity contribution in [2.24, 2.45) is 35.0 Å². The lowest BCUT2D eigenvalue weighted by atomic mass is 9.78. The first-order valence-corrected chi connectivity index (χ1v) is 12.0. The Morgan fingerprint density at radius 1 is 0.633 bits per heavy atom. The van der Waals surface area contributed by atoms with Crippen molar-refractivity contribution in [3.8, 4) is 0 Å². The molecule has 0 amide bonds. The van der Waals surface area contributed by atoms with E-state index in [2.05, 4.69) is 55.4 Å². The minimum atomic E-state index is -0.509. The summed E-state index contributed by atoms with van der Waals surface area (Å²) in [6.07, 6.45) is 3.26. The molecule has 4 nitrogen and oxygen atoms in total. The molecule has 0 rings (SSSR count). The Kier molecular flexibility index (Phi) is 12.9. The molecular weight excluding hydrogens is 376 g/mol. The van der Waals surface area contributed by atoms with E-state index in [1.807, 2.05) is 20.8 Å². The van der Waals surface area contributed by atoms with Gasteiger partial charge in [-0.05, 0) is 54.8 Å². The molecule has 0 spiro atoms. The van der Waals surface area contributed by atoms with Crippen molar-refractivity contribution in [2.45, 2.75) is 120 Å². The second-order valence-corrected chi connectivity index (χ2v) is 11.8. The summed E-state index contributed by atoms with van der Waals surface area (Å²) in [6.45, 7) is 23.1. The zero-order chi connectivity index (χ0) is 23.6. The average Bonchev–Trinajstić information content (AvgIpc) is 2.48. The van der Waals surface area contributed by atoms with Crippen LogP contribution in [0.2, 0.25) is 0 Å². The third-order valence-corrected chi connectivity index (χ3v) is 5.22. The van der Waals surface area contributed by atoms with Crippen molar-refractivity contribution >= 4 is 11.9 Å². The number of ether oxygens (including phenoxy) is 2.